The minimum atomic E-state index is -3.24. The molecular formula is C9H17NO3S. The first-order valence-corrected chi connectivity index (χ1v) is 6.62. The monoisotopic (exact) mass is 219 g/mol. The molecule has 14 heavy (non-hydrogen) atoms. The van der Waals surface area contributed by atoms with Crippen LogP contribution in [0.2, 0.25) is 0 Å². The van der Waals surface area contributed by atoms with E-state index >= 15 is 0 Å². The molecule has 1 aliphatic carbocycles. The summed E-state index contributed by atoms with van der Waals surface area (Å²) in [5.41, 5.74) is 0. The van der Waals surface area contributed by atoms with Crippen molar-refractivity contribution in [3.63, 3.8) is 0 Å². The molecular weight excluding hydrogens is 202 g/mol. The van der Waals surface area contributed by atoms with Crippen molar-refractivity contribution in [2.45, 2.75) is 39.2 Å². The highest BCUT2D eigenvalue weighted by Gasteiger charge is 2.29. The SMILES string of the molecule is CCC(=O)C(C)NS(=O)(=O)CC1CC1. The number of nitrogens with one attached hydrogen (secondary N) is 1. The smallest absolute Gasteiger partial charge is 0.212 e. The third-order valence-electron chi connectivity index (χ3n) is 2.34. The first-order chi connectivity index (χ1) is 6.44. The summed E-state index contributed by atoms with van der Waals surface area (Å²) in [6.07, 6.45) is 2.36. The third-order valence-corrected chi connectivity index (χ3v) is 3.96. The van der Waals surface area contributed by atoms with Gasteiger partial charge in [-0.2, -0.15) is 0 Å². The molecule has 0 saturated heterocycles. The molecule has 0 aliphatic heterocycles. The van der Waals surface area contributed by atoms with Crippen LogP contribution in [0.25, 0.3) is 0 Å². The van der Waals surface area contributed by atoms with Crippen LogP contribution in [0.15, 0.2) is 0 Å². The molecule has 1 fully saturated rings. The fraction of sp³-hybridized carbons (Fsp3) is 0.889. The average molecular weight is 219 g/mol. The highest BCUT2D eigenvalue weighted by Crippen LogP contribution is 2.29. The maximum Gasteiger partial charge on any atom is 0.212 e. The number of ketones is 1. The summed E-state index contributed by atoms with van der Waals surface area (Å²) in [7, 11) is -3.24. The van der Waals surface area contributed by atoms with Crippen LogP contribution in [0, 0.1) is 5.92 Å². The number of rotatable bonds is 6. The molecule has 0 radical (unpaired) electrons. The van der Waals surface area contributed by atoms with Crippen molar-refractivity contribution in [1.29, 1.82) is 0 Å². The first kappa shape index (κ1) is 11.7. The second-order valence-corrected chi connectivity index (χ2v) is 5.68. The molecule has 0 bridgehead atoms. The third kappa shape index (κ3) is 3.75. The van der Waals surface area contributed by atoms with Gasteiger partial charge < -0.3 is 0 Å². The lowest BCUT2D eigenvalue weighted by atomic mass is 10.2. The van der Waals surface area contributed by atoms with E-state index in [9.17, 15) is 13.2 Å². The Kier molecular flexibility index (Phi) is 3.66. The molecule has 0 amide bonds. The quantitative estimate of drug-likeness (QED) is 0.714. The lowest BCUT2D eigenvalue weighted by Crippen LogP contribution is -2.39. The highest BCUT2D eigenvalue weighted by molar-refractivity contribution is 7.89. The summed E-state index contributed by atoms with van der Waals surface area (Å²) >= 11 is 0. The lowest BCUT2D eigenvalue weighted by molar-refractivity contribution is -0.119. The van der Waals surface area contributed by atoms with Crippen molar-refractivity contribution in [1.82, 2.24) is 4.72 Å². The van der Waals surface area contributed by atoms with Crippen molar-refractivity contribution < 1.29 is 13.2 Å². The zero-order valence-corrected chi connectivity index (χ0v) is 9.43. The molecule has 0 aromatic rings. The number of carbonyl (C=O) groups is 1. The highest BCUT2D eigenvalue weighted by atomic mass is 32.2. The molecule has 1 saturated carbocycles. The van der Waals surface area contributed by atoms with Crippen molar-refractivity contribution in [2.24, 2.45) is 5.92 Å². The molecule has 0 aromatic heterocycles. The maximum absolute atomic E-state index is 11.4. The Labute approximate surface area is 85.1 Å². The number of hydrogen-bond acceptors (Lipinski definition) is 3. The molecule has 0 aromatic carbocycles. The number of carbonyl (C=O) groups excluding carboxylic acids is 1. The van der Waals surface area contributed by atoms with Gasteiger partial charge in [-0.25, -0.2) is 13.1 Å². The van der Waals surface area contributed by atoms with Gasteiger partial charge in [0.2, 0.25) is 10.0 Å². The number of sulfonamides is 1. The minimum Gasteiger partial charge on any atom is -0.298 e. The standard InChI is InChI=1S/C9H17NO3S/c1-3-9(11)7(2)10-14(12,13)6-8-4-5-8/h7-8,10H,3-6H2,1-2H3. The maximum atomic E-state index is 11.4. The molecule has 0 heterocycles. The zero-order valence-electron chi connectivity index (χ0n) is 8.62. The van der Waals surface area contributed by atoms with E-state index in [1.54, 1.807) is 13.8 Å². The van der Waals surface area contributed by atoms with Crippen molar-refractivity contribution in [3.05, 3.63) is 0 Å². The van der Waals surface area contributed by atoms with Gasteiger partial charge in [-0.1, -0.05) is 6.92 Å². The Morgan fingerprint density at radius 1 is 1.50 bits per heavy atom. The van der Waals surface area contributed by atoms with E-state index in [2.05, 4.69) is 4.72 Å². The molecule has 1 rings (SSSR count). The van der Waals surface area contributed by atoms with Crippen molar-refractivity contribution in [2.75, 3.05) is 5.75 Å². The van der Waals surface area contributed by atoms with E-state index in [1.807, 2.05) is 0 Å². The van der Waals surface area contributed by atoms with Crippen LogP contribution in [0.5, 0.6) is 0 Å². The van der Waals surface area contributed by atoms with Crippen molar-refractivity contribution in [3.8, 4) is 0 Å². The van der Waals surface area contributed by atoms with Crippen LogP contribution < -0.4 is 4.72 Å². The minimum absolute atomic E-state index is 0.0654. The molecule has 1 N–H and O–H groups in total. The largest absolute Gasteiger partial charge is 0.298 e. The van der Waals surface area contributed by atoms with Crippen LogP contribution in [-0.2, 0) is 14.8 Å². The van der Waals surface area contributed by atoms with Gasteiger partial charge in [0.25, 0.3) is 0 Å². The van der Waals surface area contributed by atoms with Crippen LogP contribution >= 0.6 is 0 Å². The molecule has 1 aliphatic rings. The van der Waals surface area contributed by atoms with E-state index in [0.29, 0.717) is 12.3 Å². The summed E-state index contributed by atoms with van der Waals surface area (Å²) in [5, 5.41) is 0. The average Bonchev–Trinajstić information content (AvgIpc) is 2.84. The van der Waals surface area contributed by atoms with E-state index in [4.69, 9.17) is 0 Å². The van der Waals surface area contributed by atoms with Gasteiger partial charge in [0, 0.05) is 6.42 Å². The predicted octanol–water partition coefficient (Wildman–Crippen LogP) is 0.683. The second-order valence-electron chi connectivity index (χ2n) is 3.88. The normalized spacial score (nSPS) is 19.3. The Morgan fingerprint density at radius 3 is 2.50 bits per heavy atom. The van der Waals surface area contributed by atoms with Gasteiger partial charge in [-0.05, 0) is 25.7 Å². The summed E-state index contributed by atoms with van der Waals surface area (Å²) in [6, 6.07) is -0.580. The van der Waals surface area contributed by atoms with Gasteiger partial charge in [0.05, 0.1) is 11.8 Å². The van der Waals surface area contributed by atoms with E-state index < -0.39 is 16.1 Å². The Morgan fingerprint density at radius 2 is 2.07 bits per heavy atom. The summed E-state index contributed by atoms with van der Waals surface area (Å²) in [4.78, 5) is 11.2. The molecule has 0 spiro atoms. The van der Waals surface area contributed by atoms with Crippen LogP contribution in [0.1, 0.15) is 33.1 Å². The van der Waals surface area contributed by atoms with Gasteiger partial charge in [-0.15, -0.1) is 0 Å². The Hall–Kier alpha value is -0.420. The van der Waals surface area contributed by atoms with Crippen LogP contribution in [0.4, 0.5) is 0 Å². The lowest BCUT2D eigenvalue weighted by Gasteiger charge is -2.11. The number of Topliss-reactive ketones (excluding diaryl/α,β-unsaturated/α-hetero) is 1. The van der Waals surface area contributed by atoms with Crippen molar-refractivity contribution >= 4 is 15.8 Å². The van der Waals surface area contributed by atoms with Gasteiger partial charge in [0.15, 0.2) is 0 Å². The molecule has 5 heteroatoms. The fourth-order valence-electron chi connectivity index (χ4n) is 1.28. The van der Waals surface area contributed by atoms with Gasteiger partial charge >= 0.3 is 0 Å². The van der Waals surface area contributed by atoms with Gasteiger partial charge in [-0.3, -0.25) is 4.79 Å². The molecule has 1 unspecified atom stereocenters. The van der Waals surface area contributed by atoms with E-state index in [-0.39, 0.29) is 11.5 Å². The summed E-state index contributed by atoms with van der Waals surface area (Å²) < 4.78 is 25.3. The van der Waals surface area contributed by atoms with E-state index in [1.165, 1.54) is 0 Å². The topological polar surface area (TPSA) is 63.2 Å². The Balaban J connectivity index is 2.44. The Bertz CT molecular complexity index is 306. The second kappa shape index (κ2) is 4.40. The van der Waals surface area contributed by atoms with E-state index in [0.717, 1.165) is 12.8 Å². The summed E-state index contributed by atoms with van der Waals surface area (Å²) in [5.74, 6) is 0.426. The van der Waals surface area contributed by atoms with Crippen LogP contribution in [-0.4, -0.2) is 26.0 Å². The predicted molar refractivity (Wildman–Crippen MR) is 54.4 cm³/mol. The fourth-order valence-corrected chi connectivity index (χ4v) is 3.00. The van der Waals surface area contributed by atoms with Gasteiger partial charge in [0.1, 0.15) is 5.78 Å². The molecule has 4 nitrogen and oxygen atoms in total. The summed E-state index contributed by atoms with van der Waals surface area (Å²) in [6.45, 7) is 3.32. The zero-order chi connectivity index (χ0) is 10.8. The molecule has 1 atom stereocenters. The number of hydrogen-bond donors (Lipinski definition) is 1. The molecule has 82 valence electrons. The first-order valence-electron chi connectivity index (χ1n) is 4.97. The van der Waals surface area contributed by atoms with Crippen LogP contribution in [0.3, 0.4) is 0 Å².